The molecule has 1 atom stereocenters. The molecule has 180 valence electrons. The van der Waals surface area contributed by atoms with E-state index in [0.717, 1.165) is 12.8 Å². The summed E-state index contributed by atoms with van der Waals surface area (Å²) in [5.74, 6) is 0. The van der Waals surface area contributed by atoms with Crippen molar-refractivity contribution >= 4 is 22.8 Å². The fourth-order valence-corrected chi connectivity index (χ4v) is 7.79. The molecule has 1 unspecified atom stereocenters. The summed E-state index contributed by atoms with van der Waals surface area (Å²) in [6.07, 6.45) is 4.50. The first-order valence-corrected chi connectivity index (χ1v) is 13.6. The van der Waals surface area contributed by atoms with E-state index in [1.807, 2.05) is 0 Å². The fourth-order valence-electron chi connectivity index (χ4n) is 7.79. The molecule has 3 aliphatic carbocycles. The molecule has 0 saturated carbocycles. The zero-order valence-electron chi connectivity index (χ0n) is 21.0. The van der Waals surface area contributed by atoms with Crippen LogP contribution in [0.5, 0.6) is 0 Å². The van der Waals surface area contributed by atoms with Gasteiger partial charge in [-0.1, -0.05) is 115 Å². The van der Waals surface area contributed by atoms with Crippen molar-refractivity contribution in [2.45, 2.75) is 24.3 Å². The maximum absolute atomic E-state index is 3.96. The maximum atomic E-state index is 3.96. The minimum Gasteiger partial charge on any atom is -0.318 e. The Hall–Kier alpha value is -4.56. The Kier molecular flexibility index (Phi) is 3.92. The Bertz CT molecular complexity index is 1780. The topological polar surface area (TPSA) is 17.0 Å². The predicted molar refractivity (Wildman–Crippen MR) is 155 cm³/mol. The summed E-state index contributed by atoms with van der Waals surface area (Å²) < 4.78 is 2.47. The van der Waals surface area contributed by atoms with E-state index in [9.17, 15) is 0 Å². The Morgan fingerprint density at radius 3 is 2.05 bits per heavy atom. The lowest BCUT2D eigenvalue weighted by Gasteiger charge is -2.36. The summed E-state index contributed by atoms with van der Waals surface area (Å²) in [5, 5.41) is 0. The predicted octanol–water partition coefficient (Wildman–Crippen LogP) is 7.33. The average molecular weight is 487 g/mol. The van der Waals surface area contributed by atoms with Gasteiger partial charge in [0.15, 0.2) is 0 Å². The van der Waals surface area contributed by atoms with Gasteiger partial charge in [-0.25, -0.2) is 0 Å². The van der Waals surface area contributed by atoms with Crippen LogP contribution in [-0.2, 0) is 18.3 Å². The smallest absolute Gasteiger partial charge is 0.0735 e. The van der Waals surface area contributed by atoms with E-state index in [-0.39, 0.29) is 5.41 Å². The van der Waals surface area contributed by atoms with Crippen LogP contribution in [0.1, 0.15) is 50.3 Å². The molecule has 2 heteroatoms. The van der Waals surface area contributed by atoms with Gasteiger partial charge < -0.3 is 5.43 Å². The minimum atomic E-state index is -0.350. The summed E-state index contributed by atoms with van der Waals surface area (Å²) in [6.45, 7) is 0. The third kappa shape index (κ3) is 2.39. The van der Waals surface area contributed by atoms with Crippen molar-refractivity contribution in [3.63, 3.8) is 0 Å². The van der Waals surface area contributed by atoms with Crippen LogP contribution in [0.25, 0.3) is 22.8 Å². The molecule has 0 spiro atoms. The summed E-state index contributed by atoms with van der Waals surface area (Å²) in [7, 11) is 0. The Labute approximate surface area is 222 Å². The van der Waals surface area contributed by atoms with Crippen molar-refractivity contribution in [1.82, 2.24) is 4.68 Å². The molecular weight excluding hydrogens is 460 g/mol. The van der Waals surface area contributed by atoms with Gasteiger partial charge in [-0.3, -0.25) is 4.68 Å². The van der Waals surface area contributed by atoms with Gasteiger partial charge in [0.1, 0.15) is 0 Å². The van der Waals surface area contributed by atoms with Gasteiger partial charge in [0.25, 0.3) is 0 Å². The van der Waals surface area contributed by atoms with Crippen LogP contribution in [0.3, 0.4) is 0 Å². The zero-order valence-corrected chi connectivity index (χ0v) is 21.0. The molecule has 4 aliphatic rings. The van der Waals surface area contributed by atoms with Gasteiger partial charge in [-0.05, 0) is 50.6 Å². The lowest BCUT2D eigenvalue weighted by atomic mass is 9.66. The fraction of sp³-hybridized carbons (Fsp3) is 0.111. The zero-order chi connectivity index (χ0) is 24.8. The summed E-state index contributed by atoms with van der Waals surface area (Å²) >= 11 is 0. The second kappa shape index (κ2) is 7.26. The molecule has 2 bridgehead atoms. The monoisotopic (exact) mass is 486 g/mol. The number of hydrogen-bond acceptors (Lipinski definition) is 1. The van der Waals surface area contributed by atoms with Crippen molar-refractivity contribution in [2.24, 2.45) is 0 Å². The van der Waals surface area contributed by atoms with Crippen molar-refractivity contribution in [1.29, 1.82) is 0 Å². The van der Waals surface area contributed by atoms with Gasteiger partial charge in [-0.15, -0.1) is 0 Å². The third-order valence-corrected chi connectivity index (χ3v) is 9.22. The summed E-state index contributed by atoms with van der Waals surface area (Å²) in [6, 6.07) is 42.6. The molecular formula is C36H26N2. The van der Waals surface area contributed by atoms with E-state index in [2.05, 4.69) is 131 Å². The minimum absolute atomic E-state index is 0.307. The Morgan fingerprint density at radius 1 is 0.711 bits per heavy atom. The number of nitrogens with zero attached hydrogens (tertiary/aromatic N) is 1. The molecule has 5 aromatic rings. The van der Waals surface area contributed by atoms with E-state index >= 15 is 0 Å². The summed E-state index contributed by atoms with van der Waals surface area (Å²) in [4.78, 5) is 0. The van der Waals surface area contributed by atoms with Crippen LogP contribution in [0.15, 0.2) is 115 Å². The van der Waals surface area contributed by atoms with Crippen molar-refractivity contribution in [3.8, 4) is 0 Å². The molecule has 1 aromatic heterocycles. The first-order valence-electron chi connectivity index (χ1n) is 13.6. The van der Waals surface area contributed by atoms with E-state index in [4.69, 9.17) is 0 Å². The highest BCUT2D eigenvalue weighted by molar-refractivity contribution is 6.11. The number of hydrogen-bond donors (Lipinski definition) is 1. The third-order valence-electron chi connectivity index (χ3n) is 9.22. The number of nitrogens with one attached hydrogen (secondary N) is 1. The maximum Gasteiger partial charge on any atom is 0.0735 e. The van der Waals surface area contributed by atoms with Crippen LogP contribution < -0.4 is 5.43 Å². The highest BCUT2D eigenvalue weighted by Gasteiger charge is 2.53. The molecule has 9 rings (SSSR count). The average Bonchev–Trinajstić information content (AvgIpc) is 3.69. The number of rotatable bonds is 3. The van der Waals surface area contributed by atoms with Gasteiger partial charge in [0.2, 0.25) is 0 Å². The van der Waals surface area contributed by atoms with Crippen LogP contribution in [0.2, 0.25) is 0 Å². The Balaban J connectivity index is 1.35. The lowest BCUT2D eigenvalue weighted by molar-refractivity contribution is 0.789. The van der Waals surface area contributed by atoms with Gasteiger partial charge in [0.05, 0.1) is 22.8 Å². The molecule has 2 nitrogen and oxygen atoms in total. The SMILES string of the molecule is C1=C(c2ccccc2)C2Cc3c1c1c(n3N2)C2=C(C1)c1ccccc1C2(c1ccccc1)c1ccccc1. The highest BCUT2D eigenvalue weighted by Crippen LogP contribution is 2.63. The molecule has 0 amide bonds. The molecule has 4 aromatic carbocycles. The highest BCUT2D eigenvalue weighted by atomic mass is 15.5. The van der Waals surface area contributed by atoms with Crippen LogP contribution in [0.4, 0.5) is 0 Å². The Morgan fingerprint density at radius 2 is 1.34 bits per heavy atom. The van der Waals surface area contributed by atoms with Crippen LogP contribution >= 0.6 is 0 Å². The standard InChI is InChI=1S/C36H26N2/c1-4-12-23(13-5-1)27-20-28-30-21-29-26-18-10-11-19-31(26)36(24-14-6-2-7-15-24,25-16-8-3-9-17-25)34(29)35(30)38-33(28)22-32(27)37-38/h1-20,32,37H,21-22H2. The van der Waals surface area contributed by atoms with Crippen molar-refractivity contribution in [3.05, 3.63) is 166 Å². The van der Waals surface area contributed by atoms with Gasteiger partial charge in [-0.2, -0.15) is 0 Å². The molecule has 0 saturated heterocycles. The lowest BCUT2D eigenvalue weighted by Crippen LogP contribution is -2.31. The quantitative estimate of drug-likeness (QED) is 0.283. The van der Waals surface area contributed by atoms with E-state index in [1.54, 1.807) is 0 Å². The number of allylic oxidation sites excluding steroid dienone is 2. The molecule has 38 heavy (non-hydrogen) atoms. The molecule has 0 radical (unpaired) electrons. The number of benzene rings is 4. The molecule has 1 N–H and O–H groups in total. The summed E-state index contributed by atoms with van der Waals surface area (Å²) in [5.41, 5.74) is 20.5. The van der Waals surface area contributed by atoms with Gasteiger partial charge in [0, 0.05) is 24.0 Å². The van der Waals surface area contributed by atoms with E-state index < -0.39 is 0 Å². The van der Waals surface area contributed by atoms with Crippen molar-refractivity contribution < 1.29 is 0 Å². The molecule has 2 heterocycles. The van der Waals surface area contributed by atoms with E-state index in [0.29, 0.717) is 6.04 Å². The second-order valence-electron chi connectivity index (χ2n) is 10.9. The van der Waals surface area contributed by atoms with Crippen molar-refractivity contribution in [2.75, 3.05) is 5.43 Å². The van der Waals surface area contributed by atoms with Crippen LogP contribution in [0, 0.1) is 0 Å². The first-order chi connectivity index (χ1) is 18.9. The first kappa shape index (κ1) is 20.5. The van der Waals surface area contributed by atoms with Crippen LogP contribution in [-0.4, -0.2) is 10.7 Å². The molecule has 1 aliphatic heterocycles. The second-order valence-corrected chi connectivity index (χ2v) is 10.9. The largest absolute Gasteiger partial charge is 0.318 e. The normalized spacial score (nSPS) is 19.1. The number of fused-ring (bicyclic) bond motifs is 7. The molecule has 0 fully saturated rings. The van der Waals surface area contributed by atoms with E-state index in [1.165, 1.54) is 67.1 Å². The number of aromatic nitrogens is 1. The van der Waals surface area contributed by atoms with Gasteiger partial charge >= 0.3 is 0 Å².